The van der Waals surface area contributed by atoms with Crippen molar-refractivity contribution >= 4 is 24.1 Å². The number of carbonyl (C=O) groups excluding carboxylic acids is 4. The summed E-state index contributed by atoms with van der Waals surface area (Å²) in [6.45, 7) is -1.13. The van der Waals surface area contributed by atoms with Gasteiger partial charge in [0.1, 0.15) is 0 Å². The van der Waals surface area contributed by atoms with Crippen molar-refractivity contribution in [2.24, 2.45) is 0 Å². The maximum absolute atomic E-state index is 11.0. The minimum absolute atomic E-state index is 0. The van der Waals surface area contributed by atoms with Gasteiger partial charge in [0.2, 0.25) is 0 Å². The van der Waals surface area contributed by atoms with Crippen molar-refractivity contribution < 1.29 is 23.9 Å². The van der Waals surface area contributed by atoms with Gasteiger partial charge in [-0.2, -0.15) is 0 Å². The first kappa shape index (κ1) is 20.7. The molecule has 0 aliphatic heterocycles. The third kappa shape index (κ3) is 13.3. The van der Waals surface area contributed by atoms with E-state index in [-0.39, 0.29) is 13.3 Å². The molecule has 0 aromatic heterocycles. The van der Waals surface area contributed by atoms with Gasteiger partial charge in [-0.3, -0.25) is 14.4 Å². The molecule has 0 aromatic carbocycles. The standard InChI is InChI=1S/C7H14N6O5.2Rf/c8-5(15)11-2-10-4(14)1-18-7(17)13-3-12-6(9)16;;/h1-3H2,(H8,8,9,10,11,12,13,14,15,16,17);;/p-2. The van der Waals surface area contributed by atoms with E-state index in [1.165, 1.54) is 0 Å². The Labute approximate surface area is 102 Å². The largest absolute Gasteiger partial charge is 0.447 e. The number of ether oxygens (including phenoxy) is 1. The summed E-state index contributed by atoms with van der Waals surface area (Å²) in [5, 5.41) is 8.14. The van der Waals surface area contributed by atoms with E-state index in [1.807, 2.05) is 10.6 Å². The third-order valence-corrected chi connectivity index (χ3v) is 1.35. The quantitative estimate of drug-likeness (QED) is 0.260. The molecule has 0 spiro atoms. The first-order chi connectivity index (χ1) is 8.41. The van der Waals surface area contributed by atoms with Gasteiger partial charge in [0.05, 0.1) is 0 Å². The smallest absolute Gasteiger partial charge is 0.407 e. The number of nitrogens with one attached hydrogen (secondary N) is 6. The van der Waals surface area contributed by atoms with Crippen molar-refractivity contribution in [1.82, 2.24) is 21.3 Å². The summed E-state index contributed by atoms with van der Waals surface area (Å²) in [5.41, 5.74) is 12.9. The molecule has 11 nitrogen and oxygen atoms in total. The molecule has 0 atom stereocenters. The van der Waals surface area contributed by atoms with Gasteiger partial charge in [-0.05, 0) is 0 Å². The zero-order valence-electron chi connectivity index (χ0n) is 10.6. The normalized spacial score (nSPS) is 8.00. The van der Waals surface area contributed by atoms with E-state index >= 15 is 0 Å². The number of rotatable bonds is 6. The molecule has 0 saturated heterocycles. The van der Waals surface area contributed by atoms with Gasteiger partial charge in [0.25, 0.3) is 5.91 Å². The van der Waals surface area contributed by atoms with Crippen LogP contribution in [-0.4, -0.2) is 44.0 Å². The van der Waals surface area contributed by atoms with Crippen molar-refractivity contribution in [3.8, 4) is 0 Å². The minimum atomic E-state index is -1.07. The molecule has 0 saturated carbocycles. The van der Waals surface area contributed by atoms with Crippen LogP contribution >= 0.6 is 0 Å². The molecule has 6 N–H and O–H groups in total. The van der Waals surface area contributed by atoms with E-state index in [1.54, 1.807) is 0 Å². The van der Waals surface area contributed by atoms with E-state index in [9.17, 15) is 19.2 Å². The molecular formula is C7H12N6O5Rf2-2. The number of urea groups is 2. The molecule has 20 heavy (non-hydrogen) atoms. The van der Waals surface area contributed by atoms with Crippen molar-refractivity contribution in [2.45, 2.75) is 0 Å². The summed E-state index contributed by atoms with van der Waals surface area (Å²) in [6, 6.07) is -2.13. The van der Waals surface area contributed by atoms with Crippen LogP contribution in [0.3, 0.4) is 0 Å². The molecule has 0 aliphatic carbocycles. The molecular weight excluding hydrogens is 782 g/mol. The summed E-state index contributed by atoms with van der Waals surface area (Å²) >= 11 is 0. The van der Waals surface area contributed by atoms with Crippen molar-refractivity contribution in [2.75, 3.05) is 19.9 Å². The van der Waals surface area contributed by atoms with E-state index < -0.39 is 30.7 Å². The Morgan fingerprint density at radius 3 is 1.70 bits per heavy atom. The summed E-state index contributed by atoms with van der Waals surface area (Å²) in [6.07, 6.45) is -0.955. The van der Waals surface area contributed by atoms with Gasteiger partial charge < -0.3 is 37.5 Å². The molecule has 6 amide bonds. The van der Waals surface area contributed by atoms with Gasteiger partial charge >= 0.3 is 6.09 Å². The maximum atomic E-state index is 11.0. The van der Waals surface area contributed by atoms with Gasteiger partial charge in [0.15, 0.2) is 18.7 Å². The van der Waals surface area contributed by atoms with Crippen LogP contribution in [0.4, 0.5) is 14.4 Å². The van der Waals surface area contributed by atoms with Crippen molar-refractivity contribution in [3.63, 3.8) is 0 Å². The molecule has 106 valence electrons. The SMILES string of the molecule is [NH-]C(=O)NCNC(=O)COC(=O)NCNC([NH-])=O.[Rf].[Rf]. The van der Waals surface area contributed by atoms with Gasteiger partial charge in [-0.1, -0.05) is 0 Å². The minimum Gasteiger partial charge on any atom is -0.447 e. The Bertz CT molecular complexity index is 310. The van der Waals surface area contributed by atoms with E-state index in [0.29, 0.717) is 0 Å². The Balaban J connectivity index is -0.00000144. The molecule has 0 bridgehead atoms. The molecule has 0 aliphatic rings. The number of carbonyl (C=O) groups is 4. The molecule has 0 fully saturated rings. The molecule has 0 heterocycles. The summed E-state index contributed by atoms with van der Waals surface area (Å²) < 4.78 is 4.41. The number of hydrogen-bond acceptors (Lipinski definition) is 5. The second kappa shape index (κ2) is 10.8. The second-order valence-electron chi connectivity index (χ2n) is 2.72. The van der Waals surface area contributed by atoms with Gasteiger partial charge in [-0.25, -0.2) is 4.79 Å². The van der Waals surface area contributed by atoms with Gasteiger partial charge in [0, 0.05) is 13.3 Å². The predicted molar refractivity (Wildman–Crippen MR) is 58.1 cm³/mol. The van der Waals surface area contributed by atoms with Crippen LogP contribution in [0.5, 0.6) is 0 Å². The van der Waals surface area contributed by atoms with Crippen LogP contribution < -0.4 is 21.3 Å². The first-order valence-electron chi connectivity index (χ1n) is 4.58. The zero-order chi connectivity index (χ0) is 14.0. The van der Waals surface area contributed by atoms with E-state index in [0.717, 1.165) is 0 Å². The molecule has 0 radical (unpaired) electrons. The zero-order valence-corrected chi connectivity index (χ0v) is 23.4. The van der Waals surface area contributed by atoms with E-state index in [2.05, 4.69) is 15.4 Å². The van der Waals surface area contributed by atoms with E-state index in [4.69, 9.17) is 11.5 Å². The average Bonchev–Trinajstić information content (AvgIpc) is 2.25. The second-order valence-corrected chi connectivity index (χ2v) is 2.72. The molecule has 0 unspecified atom stereocenters. The Hall–Kier alpha value is -4.72. The Morgan fingerprint density at radius 2 is 1.25 bits per heavy atom. The first-order valence-corrected chi connectivity index (χ1v) is 4.58. The van der Waals surface area contributed by atoms with Crippen LogP contribution in [-0.2, 0) is 9.53 Å². The van der Waals surface area contributed by atoms with Crippen LogP contribution in [0.15, 0.2) is 0 Å². The van der Waals surface area contributed by atoms with Crippen LogP contribution in [0, 0.1) is 0 Å². The third-order valence-electron chi connectivity index (χ3n) is 1.35. The fourth-order valence-electron chi connectivity index (χ4n) is 0.653. The predicted octanol–water partition coefficient (Wildman–Crippen LogP) is -0.733. The van der Waals surface area contributed by atoms with Crippen molar-refractivity contribution in [3.05, 3.63) is 11.5 Å². The molecule has 0 aromatic rings. The van der Waals surface area contributed by atoms with Crippen molar-refractivity contribution in [1.29, 1.82) is 0 Å². The fraction of sp³-hybridized carbons (Fsp3) is 0.429. The number of alkyl carbamates (subject to hydrolysis) is 1. The monoisotopic (exact) mass is 794 g/mol. The number of amides is 6. The van der Waals surface area contributed by atoms with Crippen LogP contribution in [0.1, 0.15) is 0 Å². The Morgan fingerprint density at radius 1 is 0.800 bits per heavy atom. The summed E-state index contributed by atoms with van der Waals surface area (Å²) in [4.78, 5) is 42.1. The van der Waals surface area contributed by atoms with Gasteiger partial charge in [-0.15, -0.1) is 0 Å². The topological polar surface area (TPSA) is 173 Å². The summed E-state index contributed by atoms with van der Waals surface area (Å²) in [7, 11) is 0. The molecule has 13 heteroatoms. The molecule has 0 rings (SSSR count). The Kier molecular flexibility index (Phi) is 11.1. The maximum Gasteiger partial charge on any atom is 0.407 e. The number of hydrogen-bond donors (Lipinski definition) is 4. The fourth-order valence-corrected chi connectivity index (χ4v) is 0.653. The average molecular weight is 794 g/mol. The van der Waals surface area contributed by atoms with Crippen LogP contribution in [0.2, 0.25) is 0 Å². The summed E-state index contributed by atoms with van der Waals surface area (Å²) in [5.74, 6) is -0.677. The van der Waals surface area contributed by atoms with Crippen LogP contribution in [0.25, 0.3) is 11.5 Å².